The number of carbonyl (C=O) groups excluding carboxylic acids is 2. The van der Waals surface area contributed by atoms with Crippen LogP contribution in [0, 0.1) is 23.2 Å². The minimum absolute atomic E-state index is 0.212. The Bertz CT molecular complexity index is 1120. The molecule has 3 aliphatic carbocycles. The second kappa shape index (κ2) is 11.1. The van der Waals surface area contributed by atoms with Crippen molar-refractivity contribution >= 4 is 11.6 Å². The molecular weight excluding hydrogens is 460 g/mol. The number of carbonyl (C=O) groups is 2. The highest BCUT2D eigenvalue weighted by molar-refractivity contribution is 5.87. The number of rotatable bonds is 10. The van der Waals surface area contributed by atoms with Crippen molar-refractivity contribution in [2.24, 2.45) is 23.2 Å². The second-order valence-electron chi connectivity index (χ2n) is 12.0. The Labute approximate surface area is 221 Å². The van der Waals surface area contributed by atoms with Crippen molar-refractivity contribution in [1.82, 2.24) is 0 Å². The van der Waals surface area contributed by atoms with Gasteiger partial charge in [-0.2, -0.15) is 0 Å². The van der Waals surface area contributed by atoms with E-state index in [4.69, 9.17) is 4.74 Å². The molecule has 0 heterocycles. The molecule has 0 bridgehead atoms. The molecule has 0 amide bonds. The van der Waals surface area contributed by atoms with Crippen molar-refractivity contribution in [3.8, 4) is 5.75 Å². The van der Waals surface area contributed by atoms with Gasteiger partial charge in [-0.05, 0) is 103 Å². The first-order chi connectivity index (χ1) is 17.9. The molecule has 2 saturated carbocycles. The Balaban J connectivity index is 1.26. The molecule has 1 N–H and O–H groups in total. The van der Waals surface area contributed by atoms with E-state index in [-0.39, 0.29) is 5.41 Å². The minimum atomic E-state index is -0.212. The fourth-order valence-electron chi connectivity index (χ4n) is 8.01. The van der Waals surface area contributed by atoms with Gasteiger partial charge in [0, 0.05) is 31.8 Å². The second-order valence-corrected chi connectivity index (χ2v) is 12.0. The quantitative estimate of drug-likeness (QED) is 0.397. The zero-order valence-corrected chi connectivity index (χ0v) is 22.5. The predicted octanol–water partition coefficient (Wildman–Crippen LogP) is 6.60. The average molecular weight is 503 g/mol. The number of benzene rings is 2. The van der Waals surface area contributed by atoms with Crippen LogP contribution in [0.1, 0.15) is 86.5 Å². The number of fused-ring (bicyclic) bond motifs is 5. The van der Waals surface area contributed by atoms with E-state index >= 15 is 0 Å². The summed E-state index contributed by atoms with van der Waals surface area (Å²) < 4.78 is 5.27. The first-order valence-electron chi connectivity index (χ1n) is 14.3. The predicted molar refractivity (Wildman–Crippen MR) is 146 cm³/mol. The Morgan fingerprint density at radius 2 is 1.92 bits per heavy atom. The molecule has 0 saturated heterocycles. The summed E-state index contributed by atoms with van der Waals surface area (Å²) >= 11 is 0. The molecule has 37 heavy (non-hydrogen) atoms. The molecule has 5 atom stereocenters. The number of Topliss-reactive ketones (excluding diaryl/α,β-unsaturated/α-hetero) is 2. The maximum atomic E-state index is 13.3. The largest absolute Gasteiger partial charge is 0.508 e. The summed E-state index contributed by atoms with van der Waals surface area (Å²) in [6, 6.07) is 14.5. The third kappa shape index (κ3) is 5.27. The van der Waals surface area contributed by atoms with Gasteiger partial charge in [-0.3, -0.25) is 9.59 Å². The lowest BCUT2D eigenvalue weighted by Gasteiger charge is -2.50. The lowest BCUT2D eigenvalue weighted by molar-refractivity contribution is -0.129. The maximum Gasteiger partial charge on any atom is 0.139 e. The molecule has 2 aromatic carbocycles. The summed E-state index contributed by atoms with van der Waals surface area (Å²) in [6.07, 6.45) is 9.39. The molecular formula is C33H42O4. The summed E-state index contributed by atoms with van der Waals surface area (Å²) in [5.41, 5.74) is 4.67. The number of ether oxygens (including phenoxy) is 1. The monoisotopic (exact) mass is 502 g/mol. The highest BCUT2D eigenvalue weighted by Gasteiger charge is 2.58. The molecule has 2 aromatic rings. The van der Waals surface area contributed by atoms with Crippen LogP contribution in [0.25, 0.3) is 0 Å². The van der Waals surface area contributed by atoms with Gasteiger partial charge in [0.05, 0.1) is 6.61 Å². The lowest BCUT2D eigenvalue weighted by atomic mass is 9.54. The van der Waals surface area contributed by atoms with Gasteiger partial charge in [0.15, 0.2) is 0 Å². The van der Waals surface area contributed by atoms with Gasteiger partial charge in [0.25, 0.3) is 0 Å². The van der Waals surface area contributed by atoms with E-state index in [0.717, 1.165) is 50.5 Å². The Hall–Kier alpha value is -2.46. The normalized spacial score (nSPS) is 28.4. The zero-order chi connectivity index (χ0) is 26.0. The highest BCUT2D eigenvalue weighted by Crippen LogP contribution is 2.62. The minimum Gasteiger partial charge on any atom is -0.508 e. The summed E-state index contributed by atoms with van der Waals surface area (Å²) in [7, 11) is 1.70. The smallest absolute Gasteiger partial charge is 0.139 e. The van der Waals surface area contributed by atoms with Crippen molar-refractivity contribution in [1.29, 1.82) is 0 Å². The standard InChI is InChI=1S/C33H42O4/c1-33-17-15-27-28(14-12-23-20-30(35)24(16-18-37-2)19-29(23)27)32(33)25(21-31(33)36)9-6-10-26(34)13-11-22-7-4-3-5-8-22/h3-5,7-8,19-20,25,27-28,32,35H,6,9-18,21H2,1-2H3/t25-,27+,28-,32+,33-/m1/s1. The Kier molecular flexibility index (Phi) is 7.85. The molecule has 4 nitrogen and oxygen atoms in total. The van der Waals surface area contributed by atoms with Gasteiger partial charge in [-0.15, -0.1) is 0 Å². The molecule has 2 fully saturated rings. The number of aromatic hydroxyl groups is 1. The molecule has 0 radical (unpaired) electrons. The van der Waals surface area contributed by atoms with E-state index in [0.29, 0.717) is 73.3 Å². The first kappa shape index (κ1) is 26.2. The topological polar surface area (TPSA) is 63.6 Å². The molecule has 5 rings (SSSR count). The zero-order valence-electron chi connectivity index (χ0n) is 22.5. The van der Waals surface area contributed by atoms with Crippen LogP contribution in [0.4, 0.5) is 0 Å². The van der Waals surface area contributed by atoms with Crippen LogP contribution in [-0.4, -0.2) is 30.4 Å². The number of hydrogen-bond acceptors (Lipinski definition) is 4. The van der Waals surface area contributed by atoms with Gasteiger partial charge in [0.1, 0.15) is 17.3 Å². The molecule has 0 aliphatic heterocycles. The third-order valence-corrected chi connectivity index (χ3v) is 9.91. The molecule has 198 valence electrons. The van der Waals surface area contributed by atoms with Crippen molar-refractivity contribution in [3.63, 3.8) is 0 Å². The molecule has 0 unspecified atom stereocenters. The number of phenols is 1. The van der Waals surface area contributed by atoms with Crippen molar-refractivity contribution in [2.75, 3.05) is 13.7 Å². The summed E-state index contributed by atoms with van der Waals surface area (Å²) in [5, 5.41) is 10.6. The van der Waals surface area contributed by atoms with Gasteiger partial charge in [0.2, 0.25) is 0 Å². The van der Waals surface area contributed by atoms with E-state index in [9.17, 15) is 14.7 Å². The average Bonchev–Trinajstić information content (AvgIpc) is 3.16. The van der Waals surface area contributed by atoms with Crippen LogP contribution in [0.2, 0.25) is 0 Å². The van der Waals surface area contributed by atoms with Crippen LogP contribution in [-0.2, 0) is 33.6 Å². The lowest BCUT2D eigenvalue weighted by Crippen LogP contribution is -2.44. The van der Waals surface area contributed by atoms with Crippen LogP contribution in [0.3, 0.4) is 0 Å². The van der Waals surface area contributed by atoms with Crippen LogP contribution in [0.15, 0.2) is 42.5 Å². The Morgan fingerprint density at radius 1 is 1.11 bits per heavy atom. The number of methoxy groups -OCH3 is 1. The molecule has 0 aromatic heterocycles. The van der Waals surface area contributed by atoms with E-state index in [1.807, 2.05) is 24.3 Å². The highest BCUT2D eigenvalue weighted by atomic mass is 16.5. The van der Waals surface area contributed by atoms with Crippen molar-refractivity contribution in [2.45, 2.75) is 83.5 Å². The first-order valence-corrected chi connectivity index (χ1v) is 14.3. The summed E-state index contributed by atoms with van der Waals surface area (Å²) in [5.74, 6) is 2.95. The van der Waals surface area contributed by atoms with E-state index in [1.54, 1.807) is 7.11 Å². The van der Waals surface area contributed by atoms with Crippen molar-refractivity contribution in [3.05, 3.63) is 64.7 Å². The maximum absolute atomic E-state index is 13.3. The van der Waals surface area contributed by atoms with E-state index in [2.05, 4.69) is 25.1 Å². The third-order valence-electron chi connectivity index (χ3n) is 9.91. The molecule has 3 aliphatic rings. The van der Waals surface area contributed by atoms with Gasteiger partial charge in [-0.25, -0.2) is 0 Å². The summed E-state index contributed by atoms with van der Waals surface area (Å²) in [6.45, 7) is 2.83. The number of hydrogen-bond donors (Lipinski definition) is 1. The van der Waals surface area contributed by atoms with Crippen LogP contribution in [0.5, 0.6) is 5.75 Å². The van der Waals surface area contributed by atoms with Gasteiger partial charge < -0.3 is 9.84 Å². The Morgan fingerprint density at radius 3 is 2.70 bits per heavy atom. The molecule has 4 heteroatoms. The number of aryl methyl sites for hydroxylation is 2. The molecule has 0 spiro atoms. The summed E-state index contributed by atoms with van der Waals surface area (Å²) in [4.78, 5) is 25.9. The number of ketones is 2. The van der Waals surface area contributed by atoms with Gasteiger partial charge >= 0.3 is 0 Å². The SMILES string of the molecule is COCCc1cc2c(cc1O)CC[C@H]1[C@@H]3[C@H](CCCC(=O)CCc4ccccc4)CC(=O)[C@@]3(C)CC[C@H]21. The fourth-order valence-corrected chi connectivity index (χ4v) is 8.01. The number of phenolic OH excluding ortho intramolecular Hbond substituents is 1. The van der Waals surface area contributed by atoms with Crippen molar-refractivity contribution < 1.29 is 19.4 Å². The van der Waals surface area contributed by atoms with Crippen LogP contribution < -0.4 is 0 Å². The van der Waals surface area contributed by atoms with E-state index in [1.165, 1.54) is 16.7 Å². The van der Waals surface area contributed by atoms with Crippen LogP contribution >= 0.6 is 0 Å². The van der Waals surface area contributed by atoms with Gasteiger partial charge in [-0.1, -0.05) is 43.3 Å². The fraction of sp³-hybridized carbons (Fsp3) is 0.576. The van der Waals surface area contributed by atoms with E-state index < -0.39 is 0 Å².